The first-order valence-corrected chi connectivity index (χ1v) is 6.23. The van der Waals surface area contributed by atoms with Crippen molar-refractivity contribution in [2.45, 2.75) is 6.61 Å². The van der Waals surface area contributed by atoms with Gasteiger partial charge in [-0.05, 0) is 23.8 Å². The highest BCUT2D eigenvalue weighted by Crippen LogP contribution is 2.34. The lowest BCUT2D eigenvalue weighted by molar-refractivity contribution is -0.384. The van der Waals surface area contributed by atoms with Gasteiger partial charge in [0.15, 0.2) is 11.5 Å². The number of rotatable bonds is 5. The highest BCUT2D eigenvalue weighted by molar-refractivity contribution is 5.53. The third-order valence-corrected chi connectivity index (χ3v) is 2.92. The topological polar surface area (TPSA) is 106 Å². The summed E-state index contributed by atoms with van der Waals surface area (Å²) in [4.78, 5) is 10.1. The Morgan fingerprint density at radius 2 is 1.95 bits per heavy atom. The lowest BCUT2D eigenvalue weighted by Crippen LogP contribution is -1.95. The molecule has 112 valence electrons. The van der Waals surface area contributed by atoms with Crippen molar-refractivity contribution in [2.75, 3.05) is 7.11 Å². The Labute approximate surface area is 126 Å². The minimum Gasteiger partial charge on any atom is -0.493 e. The standard InChI is InChI=1S/C15H12N2O5/c1-21-15-6-10(9-18)2-4-14(15)22-13-5-3-12(17(19)20)7-11(13)8-16/h2-7,18H,9H2,1H3. The quantitative estimate of drug-likeness (QED) is 0.672. The van der Waals surface area contributed by atoms with Gasteiger partial charge in [0.05, 0.1) is 18.6 Å². The molecular formula is C15H12N2O5. The number of nitrogens with zero attached hydrogens (tertiary/aromatic N) is 2. The Hall–Kier alpha value is -3.11. The van der Waals surface area contributed by atoms with Crippen molar-refractivity contribution >= 4 is 5.69 Å². The fourth-order valence-corrected chi connectivity index (χ4v) is 1.82. The molecule has 0 fully saturated rings. The molecule has 0 aliphatic heterocycles. The first-order valence-electron chi connectivity index (χ1n) is 6.23. The number of non-ortho nitro benzene ring substituents is 1. The minimum atomic E-state index is -0.582. The van der Waals surface area contributed by atoms with E-state index in [9.17, 15) is 10.1 Å². The van der Waals surface area contributed by atoms with E-state index in [1.165, 1.54) is 19.2 Å². The molecule has 2 rings (SSSR count). The zero-order valence-corrected chi connectivity index (χ0v) is 11.6. The molecule has 0 saturated carbocycles. The van der Waals surface area contributed by atoms with Gasteiger partial charge >= 0.3 is 0 Å². The third kappa shape index (κ3) is 3.13. The Morgan fingerprint density at radius 1 is 1.23 bits per heavy atom. The Bertz CT molecular complexity index is 752. The van der Waals surface area contributed by atoms with E-state index < -0.39 is 4.92 Å². The van der Waals surface area contributed by atoms with Crippen LogP contribution in [0.5, 0.6) is 17.2 Å². The molecule has 2 aromatic rings. The molecule has 7 nitrogen and oxygen atoms in total. The molecule has 0 heterocycles. The molecule has 0 aromatic heterocycles. The second kappa shape index (κ2) is 6.56. The van der Waals surface area contributed by atoms with Crippen molar-refractivity contribution in [2.24, 2.45) is 0 Å². The summed E-state index contributed by atoms with van der Waals surface area (Å²) in [6, 6.07) is 10.5. The van der Waals surface area contributed by atoms with Gasteiger partial charge in [-0.3, -0.25) is 10.1 Å². The number of hydrogen-bond donors (Lipinski definition) is 1. The van der Waals surface area contributed by atoms with Crippen LogP contribution in [0.25, 0.3) is 0 Å². The smallest absolute Gasteiger partial charge is 0.271 e. The number of methoxy groups -OCH3 is 1. The molecule has 2 aromatic carbocycles. The molecule has 1 N–H and O–H groups in total. The Kier molecular flexibility index (Phi) is 4.56. The van der Waals surface area contributed by atoms with Crippen molar-refractivity contribution < 1.29 is 19.5 Å². The summed E-state index contributed by atoms with van der Waals surface area (Å²) in [5.41, 5.74) is 0.502. The van der Waals surface area contributed by atoms with Crippen molar-refractivity contribution in [1.29, 1.82) is 5.26 Å². The van der Waals surface area contributed by atoms with Crippen LogP contribution in [0.3, 0.4) is 0 Å². The molecule has 0 atom stereocenters. The maximum atomic E-state index is 10.7. The zero-order valence-electron chi connectivity index (χ0n) is 11.6. The van der Waals surface area contributed by atoms with Crippen molar-refractivity contribution in [3.8, 4) is 23.3 Å². The van der Waals surface area contributed by atoms with Crippen molar-refractivity contribution in [1.82, 2.24) is 0 Å². The lowest BCUT2D eigenvalue weighted by atomic mass is 10.2. The second-order valence-corrected chi connectivity index (χ2v) is 4.29. The van der Waals surface area contributed by atoms with E-state index in [-0.39, 0.29) is 23.6 Å². The van der Waals surface area contributed by atoms with E-state index in [2.05, 4.69) is 0 Å². The molecule has 0 radical (unpaired) electrons. The maximum Gasteiger partial charge on any atom is 0.271 e. The number of nitro benzene ring substituents is 1. The average molecular weight is 300 g/mol. The zero-order chi connectivity index (χ0) is 16.1. The molecule has 22 heavy (non-hydrogen) atoms. The van der Waals surface area contributed by atoms with Gasteiger partial charge in [0, 0.05) is 12.1 Å². The Balaban J connectivity index is 2.39. The van der Waals surface area contributed by atoms with Gasteiger partial charge in [0.25, 0.3) is 5.69 Å². The van der Waals surface area contributed by atoms with Crippen LogP contribution in [-0.4, -0.2) is 17.1 Å². The number of nitro groups is 1. The van der Waals surface area contributed by atoms with Gasteiger partial charge in [-0.25, -0.2) is 0 Å². The van der Waals surface area contributed by atoms with Gasteiger partial charge in [0.1, 0.15) is 17.4 Å². The number of ether oxygens (including phenoxy) is 2. The molecule has 0 amide bonds. The SMILES string of the molecule is COc1cc(CO)ccc1Oc1ccc([N+](=O)[O-])cc1C#N. The first-order chi connectivity index (χ1) is 10.6. The number of aliphatic hydroxyl groups excluding tert-OH is 1. The highest BCUT2D eigenvalue weighted by atomic mass is 16.6. The van der Waals surface area contributed by atoms with Crippen LogP contribution in [0.2, 0.25) is 0 Å². The van der Waals surface area contributed by atoms with Gasteiger partial charge in [-0.1, -0.05) is 6.07 Å². The predicted octanol–water partition coefficient (Wildman–Crippen LogP) is 2.76. The van der Waals surface area contributed by atoms with E-state index in [1.54, 1.807) is 18.2 Å². The van der Waals surface area contributed by atoms with E-state index in [0.717, 1.165) is 6.07 Å². The van der Waals surface area contributed by atoms with Crippen LogP contribution < -0.4 is 9.47 Å². The molecular weight excluding hydrogens is 288 g/mol. The van der Waals surface area contributed by atoms with E-state index in [4.69, 9.17) is 19.8 Å². The summed E-state index contributed by atoms with van der Waals surface area (Å²) in [6.07, 6.45) is 0. The average Bonchev–Trinajstić information content (AvgIpc) is 2.55. The van der Waals surface area contributed by atoms with Crippen molar-refractivity contribution in [3.05, 3.63) is 57.6 Å². The summed E-state index contributed by atoms with van der Waals surface area (Å²) in [5.74, 6) is 0.905. The largest absolute Gasteiger partial charge is 0.493 e. The summed E-state index contributed by atoms with van der Waals surface area (Å²) in [7, 11) is 1.45. The maximum absolute atomic E-state index is 10.7. The van der Waals surface area contributed by atoms with Gasteiger partial charge in [-0.15, -0.1) is 0 Å². The molecule has 0 saturated heterocycles. The molecule has 0 aliphatic carbocycles. The number of hydrogen-bond acceptors (Lipinski definition) is 6. The van der Waals surface area contributed by atoms with Crippen LogP contribution in [0.15, 0.2) is 36.4 Å². The van der Waals surface area contributed by atoms with E-state index >= 15 is 0 Å². The number of nitriles is 1. The first kappa shape index (κ1) is 15.3. The second-order valence-electron chi connectivity index (χ2n) is 4.29. The third-order valence-electron chi connectivity index (χ3n) is 2.92. The summed E-state index contributed by atoms with van der Waals surface area (Å²) < 4.78 is 10.8. The molecule has 0 unspecified atom stereocenters. The molecule has 0 aliphatic rings. The number of aliphatic hydroxyl groups is 1. The van der Waals surface area contributed by atoms with Gasteiger partial charge in [-0.2, -0.15) is 5.26 Å². The van der Waals surface area contributed by atoms with Crippen LogP contribution in [0.1, 0.15) is 11.1 Å². The summed E-state index contributed by atoms with van der Waals surface area (Å²) >= 11 is 0. The molecule has 7 heteroatoms. The fourth-order valence-electron chi connectivity index (χ4n) is 1.82. The molecule has 0 spiro atoms. The Morgan fingerprint density at radius 3 is 2.55 bits per heavy atom. The van der Waals surface area contributed by atoms with Crippen LogP contribution in [0.4, 0.5) is 5.69 Å². The van der Waals surface area contributed by atoms with Crippen LogP contribution >= 0.6 is 0 Å². The van der Waals surface area contributed by atoms with Gasteiger partial charge in [0.2, 0.25) is 0 Å². The van der Waals surface area contributed by atoms with E-state index in [0.29, 0.717) is 17.1 Å². The lowest BCUT2D eigenvalue weighted by Gasteiger charge is -2.12. The molecule has 0 bridgehead atoms. The van der Waals surface area contributed by atoms with E-state index in [1.807, 2.05) is 6.07 Å². The monoisotopic (exact) mass is 300 g/mol. The van der Waals surface area contributed by atoms with Crippen molar-refractivity contribution in [3.63, 3.8) is 0 Å². The van der Waals surface area contributed by atoms with Crippen LogP contribution in [-0.2, 0) is 6.61 Å². The van der Waals surface area contributed by atoms with Gasteiger partial charge < -0.3 is 14.6 Å². The minimum absolute atomic E-state index is 0.0440. The van der Waals surface area contributed by atoms with Crippen LogP contribution in [0, 0.1) is 21.4 Å². The summed E-state index contributed by atoms with van der Waals surface area (Å²) in [6.45, 7) is -0.141. The fraction of sp³-hybridized carbons (Fsp3) is 0.133. The highest BCUT2D eigenvalue weighted by Gasteiger charge is 2.14. The normalized spacial score (nSPS) is 9.86. The summed E-state index contributed by atoms with van der Waals surface area (Å²) in [5, 5.41) is 28.9. The predicted molar refractivity (Wildman–Crippen MR) is 76.8 cm³/mol. The number of benzene rings is 2.